The highest BCUT2D eigenvalue weighted by Crippen LogP contribution is 2.34. The second-order valence-electron chi connectivity index (χ2n) is 10.9. The number of phenolic OH excluding ortho intramolecular Hbond substituents is 2. The Kier molecular flexibility index (Phi) is 9.26. The topological polar surface area (TPSA) is 173 Å². The summed E-state index contributed by atoms with van der Waals surface area (Å²) in [5.41, 5.74) is 1.28. The van der Waals surface area contributed by atoms with E-state index >= 15 is 0 Å². The molecule has 2 amide bonds. The molecule has 0 aliphatic carbocycles. The van der Waals surface area contributed by atoms with Crippen LogP contribution in [0.25, 0.3) is 0 Å². The molecule has 2 aliphatic heterocycles. The molecule has 0 atom stereocenters. The third-order valence-corrected chi connectivity index (χ3v) is 8.90. The highest BCUT2D eigenvalue weighted by atomic mass is 32.2. The van der Waals surface area contributed by atoms with E-state index in [1.54, 1.807) is 16.9 Å². The van der Waals surface area contributed by atoms with E-state index in [0.29, 0.717) is 4.31 Å². The number of phenols is 2. The number of hydrogen-bond acceptors (Lipinski definition) is 8. The fraction of sp³-hybridized carbons (Fsp3) is 0.440. The summed E-state index contributed by atoms with van der Waals surface area (Å²) in [6.45, 7) is 5.61. The zero-order valence-corrected chi connectivity index (χ0v) is 24.5. The lowest BCUT2D eigenvalue weighted by Gasteiger charge is -2.19. The van der Waals surface area contributed by atoms with Gasteiger partial charge in [0.05, 0.1) is 11.4 Å². The molecule has 0 spiro atoms. The van der Waals surface area contributed by atoms with Crippen molar-refractivity contribution in [2.24, 2.45) is 5.41 Å². The van der Waals surface area contributed by atoms with Gasteiger partial charge in [0.2, 0.25) is 0 Å². The second-order valence-corrected chi connectivity index (χ2v) is 14.1. The molecule has 2 fully saturated rings. The van der Waals surface area contributed by atoms with Gasteiger partial charge in [-0.25, -0.2) is 18.1 Å². The molecular formula is C25H31F3N4O8S2. The van der Waals surface area contributed by atoms with Crippen LogP contribution in [0.3, 0.4) is 0 Å². The number of alkyl halides is 3. The number of carbonyl (C=O) groups is 2. The van der Waals surface area contributed by atoms with Crippen molar-refractivity contribution in [2.75, 3.05) is 21.7 Å². The van der Waals surface area contributed by atoms with Gasteiger partial charge in [-0.3, -0.25) is 9.59 Å². The Balaban J connectivity index is 0.000000230. The third-order valence-electron chi connectivity index (χ3n) is 6.12. The summed E-state index contributed by atoms with van der Waals surface area (Å²) >= 11 is 0. The van der Waals surface area contributed by atoms with Gasteiger partial charge < -0.3 is 10.2 Å². The summed E-state index contributed by atoms with van der Waals surface area (Å²) in [4.78, 5) is 22.3. The summed E-state index contributed by atoms with van der Waals surface area (Å²) in [6.07, 6.45) is -3.95. The number of amides is 2. The van der Waals surface area contributed by atoms with E-state index in [2.05, 4.69) is 20.8 Å². The molecule has 0 bridgehead atoms. The second kappa shape index (κ2) is 11.9. The summed E-state index contributed by atoms with van der Waals surface area (Å²) in [7, 11) is -7.95. The van der Waals surface area contributed by atoms with Gasteiger partial charge in [-0.05, 0) is 60.1 Å². The van der Waals surface area contributed by atoms with Crippen molar-refractivity contribution in [3.05, 3.63) is 47.5 Å². The average Bonchev–Trinajstić information content (AvgIpc) is 3.26. The molecule has 0 radical (unpaired) electrons. The van der Waals surface area contributed by atoms with Gasteiger partial charge >= 0.3 is 26.6 Å². The highest BCUT2D eigenvalue weighted by molar-refractivity contribution is 7.92. The molecule has 0 saturated carbocycles. The van der Waals surface area contributed by atoms with Crippen LogP contribution in [0.15, 0.2) is 36.4 Å². The van der Waals surface area contributed by atoms with E-state index in [0.717, 1.165) is 28.8 Å². The van der Waals surface area contributed by atoms with Crippen LogP contribution in [-0.4, -0.2) is 58.1 Å². The van der Waals surface area contributed by atoms with E-state index < -0.39 is 57.1 Å². The zero-order chi connectivity index (χ0) is 31.7. The SMILES string of the molecule is CC(C)(C)CCc1ccc(N2CC(=O)NS2(=O)=O)c(O)c1.O=C1CN(c2ccc(CCC(F)(F)F)cc2O)S(=O)(=O)N1. The van der Waals surface area contributed by atoms with Crippen molar-refractivity contribution in [3.8, 4) is 11.5 Å². The Labute approximate surface area is 241 Å². The summed E-state index contributed by atoms with van der Waals surface area (Å²) < 4.78 is 88.2. The summed E-state index contributed by atoms with van der Waals surface area (Å²) in [6, 6.07) is 8.36. The molecule has 2 aliphatic rings. The normalized spacial score (nSPS) is 17.9. The average molecular weight is 637 g/mol. The Morgan fingerprint density at radius 2 is 1.12 bits per heavy atom. The molecule has 4 N–H and O–H groups in total. The number of nitrogens with zero attached hydrogens (tertiary/aromatic N) is 2. The number of benzene rings is 2. The third kappa shape index (κ3) is 8.64. The molecule has 2 aromatic rings. The fourth-order valence-electron chi connectivity index (χ4n) is 4.00. The maximum Gasteiger partial charge on any atom is 0.389 e. The number of anilines is 2. The molecule has 0 aromatic heterocycles. The number of aryl methyl sites for hydroxylation is 2. The van der Waals surface area contributed by atoms with Crippen LogP contribution in [0.2, 0.25) is 0 Å². The monoisotopic (exact) mass is 636 g/mol. The Morgan fingerprint density at radius 1 is 0.738 bits per heavy atom. The van der Waals surface area contributed by atoms with E-state index in [-0.39, 0.29) is 41.1 Å². The first-order valence-corrected chi connectivity index (χ1v) is 15.4. The van der Waals surface area contributed by atoms with Crippen molar-refractivity contribution in [3.63, 3.8) is 0 Å². The number of halogens is 3. The van der Waals surface area contributed by atoms with Crippen LogP contribution >= 0.6 is 0 Å². The van der Waals surface area contributed by atoms with Crippen molar-refractivity contribution in [2.45, 2.75) is 52.6 Å². The molecule has 0 unspecified atom stereocenters. The Morgan fingerprint density at radius 3 is 1.40 bits per heavy atom. The molecule has 17 heteroatoms. The zero-order valence-electron chi connectivity index (χ0n) is 22.9. The Hall–Kier alpha value is -3.73. The molecule has 2 heterocycles. The maximum atomic E-state index is 12.1. The van der Waals surface area contributed by atoms with Gasteiger partial charge in [0.25, 0.3) is 11.8 Å². The van der Waals surface area contributed by atoms with Crippen LogP contribution in [0.4, 0.5) is 24.5 Å². The minimum Gasteiger partial charge on any atom is -0.506 e. The van der Waals surface area contributed by atoms with Gasteiger partial charge in [0, 0.05) is 6.42 Å². The molecule has 12 nitrogen and oxygen atoms in total. The number of carbonyl (C=O) groups excluding carboxylic acids is 2. The standard InChI is InChI=1S/C14H20N2O4S.C11H11F3N2O4S/c1-14(2,3)7-6-10-4-5-11(12(17)8-10)16-9-13(18)15-21(16,19)20;12-11(13,14)4-3-7-1-2-8(9(17)5-7)16-6-10(18)15-21(16,19)20/h4-5,8,17H,6-7,9H2,1-3H3,(H,15,18);1-2,5,17H,3-4,6H2,(H,15,18). The van der Waals surface area contributed by atoms with Gasteiger partial charge in [-0.1, -0.05) is 32.9 Å². The number of hydrogen-bond donors (Lipinski definition) is 4. The number of aromatic hydroxyl groups is 2. The maximum absolute atomic E-state index is 12.1. The Bertz CT molecular complexity index is 1460. The minimum atomic E-state index is -4.32. The predicted octanol–water partition coefficient (Wildman–Crippen LogP) is 2.62. The van der Waals surface area contributed by atoms with Crippen LogP contribution in [0.1, 0.15) is 44.7 Å². The first-order chi connectivity index (χ1) is 19.2. The van der Waals surface area contributed by atoms with Crippen molar-refractivity contribution < 1.29 is 49.8 Å². The van der Waals surface area contributed by atoms with E-state index in [4.69, 9.17) is 0 Å². The van der Waals surface area contributed by atoms with E-state index in [9.17, 15) is 49.8 Å². The van der Waals surface area contributed by atoms with Crippen molar-refractivity contribution in [1.82, 2.24) is 9.44 Å². The molecule has 2 saturated heterocycles. The quantitative estimate of drug-likeness (QED) is 0.375. The lowest BCUT2D eigenvalue weighted by Crippen LogP contribution is -2.29. The molecule has 4 rings (SSSR count). The fourth-order valence-corrected chi connectivity index (χ4v) is 6.32. The molecule has 232 valence electrons. The first-order valence-electron chi connectivity index (χ1n) is 12.5. The van der Waals surface area contributed by atoms with Crippen molar-refractivity contribution in [1.29, 1.82) is 0 Å². The van der Waals surface area contributed by atoms with Gasteiger partial charge in [0.15, 0.2) is 0 Å². The first kappa shape index (κ1) is 32.8. The highest BCUT2D eigenvalue weighted by Gasteiger charge is 2.36. The van der Waals surface area contributed by atoms with Crippen LogP contribution in [0.5, 0.6) is 11.5 Å². The lowest BCUT2D eigenvalue weighted by molar-refractivity contribution is -0.134. The predicted molar refractivity (Wildman–Crippen MR) is 147 cm³/mol. The van der Waals surface area contributed by atoms with Gasteiger partial charge in [-0.2, -0.15) is 30.0 Å². The van der Waals surface area contributed by atoms with Gasteiger partial charge in [-0.15, -0.1) is 0 Å². The van der Waals surface area contributed by atoms with E-state index in [1.165, 1.54) is 18.2 Å². The summed E-state index contributed by atoms with van der Waals surface area (Å²) in [5, 5.41) is 19.8. The molecular weight excluding hydrogens is 605 g/mol. The minimum absolute atomic E-state index is 0.118. The number of rotatable bonds is 6. The van der Waals surface area contributed by atoms with Gasteiger partial charge in [0.1, 0.15) is 24.6 Å². The smallest absolute Gasteiger partial charge is 0.389 e. The largest absolute Gasteiger partial charge is 0.506 e. The lowest BCUT2D eigenvalue weighted by atomic mass is 9.88. The summed E-state index contributed by atoms with van der Waals surface area (Å²) in [5.74, 6) is -2.00. The molecule has 42 heavy (non-hydrogen) atoms. The van der Waals surface area contributed by atoms with Crippen molar-refractivity contribution >= 4 is 43.6 Å². The molecule has 2 aromatic carbocycles. The van der Waals surface area contributed by atoms with Crippen LogP contribution in [-0.2, 0) is 42.8 Å². The van der Waals surface area contributed by atoms with Crippen LogP contribution in [0, 0.1) is 5.41 Å². The van der Waals surface area contributed by atoms with Crippen LogP contribution < -0.4 is 18.1 Å². The number of nitrogens with one attached hydrogen (secondary N) is 2. The van der Waals surface area contributed by atoms with E-state index in [1.807, 2.05) is 4.72 Å².